The summed E-state index contributed by atoms with van der Waals surface area (Å²) in [5.74, 6) is -3.24. The van der Waals surface area contributed by atoms with E-state index in [9.17, 15) is 67.7 Å². The Hall–Kier alpha value is -6.84. The fourth-order valence-corrected chi connectivity index (χ4v) is 7.08. The number of amides is 8. The molecule has 116 heavy (non-hydrogen) atoms. The summed E-state index contributed by atoms with van der Waals surface area (Å²) in [5.41, 5.74) is -1.45. The van der Waals surface area contributed by atoms with Gasteiger partial charge in [-0.1, -0.05) is 62.3 Å². The van der Waals surface area contributed by atoms with E-state index in [0.29, 0.717) is 32.5 Å². The second kappa shape index (κ2) is 74.5. The quantitative estimate of drug-likeness (QED) is 0.0307. The molecule has 36 heteroatoms. The van der Waals surface area contributed by atoms with Crippen molar-refractivity contribution in [1.82, 2.24) is 42.5 Å². The zero-order chi connectivity index (χ0) is 92.1. The van der Waals surface area contributed by atoms with E-state index in [1.165, 1.54) is 55.4 Å². The Kier molecular flexibility index (Phi) is 80.1. The number of nitrogens with one attached hydrogen (secondary N) is 8. The van der Waals surface area contributed by atoms with E-state index in [1.54, 1.807) is 27.7 Å². The number of hydrogen-bond donors (Lipinski definition) is 16. The standard InChI is InChI=1S/2C11H21NO4.2C10H19NO4.2C10H21NO3.2C9H19NO3/c1-5-11(3,4)10(15)16-7-9(6-13)12-8(2)14;1-5-11(3,4)16-10(15)6-9(7-13)12-8(2)14;1-4-7(2)10(14)15-6-9(5-12)11-8(3)13;1-4-7(2)15-10(14)5-9(6-12)11-8(3)13;1-5-10(3,4)14-7-9(6-12)11-8(2)13;1-5-10(3,4)14-7-9(13)6-11-8(2)12;1-4-7(2)13-6-9(5-11)10-8(3)12;1-4-7(2)13-6-9(12)5-10-8(3)11/h2*9,13H,5-7H2,1-4H3,(H,12,14);2*7,9,12H,4-6H2,1-3H3,(H,11,13);9,12H,5-7H2,1-4H3,(H,11,13);9,13H,5-7H2,1-4H3,(H,11,12);7,9,11H,4-6H2,1-3H3,(H,10,12);7,9,12H,4-6H2,1-3H3,(H,10,11). The Morgan fingerprint density at radius 1 is 0.336 bits per heavy atom. The first-order valence-corrected chi connectivity index (χ1v) is 40.0. The van der Waals surface area contributed by atoms with Crippen LogP contribution in [0.15, 0.2) is 0 Å². The molecule has 0 radical (unpaired) electrons. The van der Waals surface area contributed by atoms with Crippen molar-refractivity contribution in [1.29, 1.82) is 0 Å². The molecule has 0 saturated heterocycles. The number of ether oxygens (including phenoxy) is 8. The maximum Gasteiger partial charge on any atom is 0.311 e. The minimum atomic E-state index is -0.635. The van der Waals surface area contributed by atoms with Crippen LogP contribution in [0.25, 0.3) is 0 Å². The van der Waals surface area contributed by atoms with Crippen molar-refractivity contribution in [2.75, 3.05) is 92.4 Å². The van der Waals surface area contributed by atoms with E-state index >= 15 is 0 Å². The van der Waals surface area contributed by atoms with Crippen molar-refractivity contribution >= 4 is 71.1 Å². The Morgan fingerprint density at radius 2 is 0.638 bits per heavy atom. The SMILES string of the molecule is CCC(C)(C)C(=O)OCC(CO)NC(C)=O.CCC(C)(C)OC(=O)CC(CO)NC(C)=O.CCC(C)(C)OCC(CO)NC(C)=O.CCC(C)(C)OCC(O)CNC(C)=O.CCC(C)C(=O)OCC(CO)NC(C)=O.CCC(C)OC(=O)CC(CO)NC(C)=O.CCC(C)OCC(CO)NC(C)=O.CCC(C)OCC(O)CNC(C)=O. The van der Waals surface area contributed by atoms with Crippen molar-refractivity contribution in [2.24, 2.45) is 11.3 Å². The number of esters is 4. The second-order valence-corrected chi connectivity index (χ2v) is 30.1. The Morgan fingerprint density at radius 3 is 0.948 bits per heavy atom. The average Bonchev–Trinajstić information content (AvgIpc) is 0.900. The van der Waals surface area contributed by atoms with Crippen LogP contribution in [0.2, 0.25) is 0 Å². The van der Waals surface area contributed by atoms with Crippen LogP contribution in [0.4, 0.5) is 0 Å². The molecule has 0 aliphatic heterocycles. The summed E-state index contributed by atoms with van der Waals surface area (Å²) in [6, 6.07) is -2.77. The molecular weight excluding hydrogens is 1520 g/mol. The molecule has 36 nitrogen and oxygen atoms in total. The van der Waals surface area contributed by atoms with Gasteiger partial charge in [0.2, 0.25) is 47.3 Å². The number of aliphatic hydroxyl groups excluding tert-OH is 8. The topological polar surface area (TPSA) is 537 Å². The number of hydrogen-bond acceptors (Lipinski definition) is 28. The van der Waals surface area contributed by atoms with E-state index in [1.807, 2.05) is 111 Å². The van der Waals surface area contributed by atoms with Crippen LogP contribution in [0.3, 0.4) is 0 Å². The lowest BCUT2D eigenvalue weighted by atomic mass is 9.91. The molecule has 688 valence electrons. The molecule has 0 rings (SSSR count). The van der Waals surface area contributed by atoms with Gasteiger partial charge in [-0.05, 0) is 128 Å². The summed E-state index contributed by atoms with van der Waals surface area (Å²) in [4.78, 5) is 131. The molecule has 12 unspecified atom stereocenters. The fourth-order valence-electron chi connectivity index (χ4n) is 7.08. The normalized spacial score (nSPS) is 14.0. The van der Waals surface area contributed by atoms with Gasteiger partial charge in [0.25, 0.3) is 0 Å². The van der Waals surface area contributed by atoms with Crippen molar-refractivity contribution in [2.45, 2.75) is 342 Å². The molecule has 8 amide bonds. The van der Waals surface area contributed by atoms with E-state index in [-0.39, 0.29) is 199 Å². The van der Waals surface area contributed by atoms with Crippen molar-refractivity contribution < 1.29 is 136 Å². The maximum atomic E-state index is 11.6. The van der Waals surface area contributed by atoms with Crippen LogP contribution in [-0.4, -0.2) is 288 Å². The summed E-state index contributed by atoms with van der Waals surface area (Å²) in [7, 11) is 0. The van der Waals surface area contributed by atoms with Crippen molar-refractivity contribution in [3.05, 3.63) is 0 Å². The molecule has 0 spiro atoms. The maximum absolute atomic E-state index is 11.6. The molecule has 0 fully saturated rings. The Bertz CT molecular complexity index is 2620. The summed E-state index contributed by atoms with van der Waals surface area (Å²) >= 11 is 0. The smallest absolute Gasteiger partial charge is 0.311 e. The highest BCUT2D eigenvalue weighted by molar-refractivity contribution is 5.78. The highest BCUT2D eigenvalue weighted by Crippen LogP contribution is 2.22. The van der Waals surface area contributed by atoms with Crippen LogP contribution >= 0.6 is 0 Å². The third-order valence-corrected chi connectivity index (χ3v) is 16.6. The molecule has 0 saturated carbocycles. The first-order chi connectivity index (χ1) is 53.6. The van der Waals surface area contributed by atoms with Gasteiger partial charge in [-0.15, -0.1) is 0 Å². The van der Waals surface area contributed by atoms with Gasteiger partial charge in [0.1, 0.15) is 18.8 Å². The molecule has 0 heterocycles. The van der Waals surface area contributed by atoms with Crippen molar-refractivity contribution in [3.8, 4) is 0 Å². The minimum absolute atomic E-state index is 0.000417. The zero-order valence-electron chi connectivity index (χ0n) is 75.6. The molecule has 16 N–H and O–H groups in total. The lowest BCUT2D eigenvalue weighted by Crippen LogP contribution is -2.42. The van der Waals surface area contributed by atoms with E-state index in [4.69, 9.17) is 68.5 Å². The van der Waals surface area contributed by atoms with E-state index in [0.717, 1.165) is 32.1 Å². The summed E-state index contributed by atoms with van der Waals surface area (Å²) < 4.78 is 41.9. The van der Waals surface area contributed by atoms with Crippen LogP contribution in [0, 0.1) is 11.3 Å². The van der Waals surface area contributed by atoms with Gasteiger partial charge in [0.15, 0.2) is 0 Å². The average molecular weight is 1680 g/mol. The third kappa shape index (κ3) is 86.5. The van der Waals surface area contributed by atoms with Gasteiger partial charge in [0.05, 0.1) is 168 Å². The van der Waals surface area contributed by atoms with Crippen LogP contribution in [0.5, 0.6) is 0 Å². The molecule has 0 aliphatic carbocycles. The first kappa shape index (κ1) is 125. The molecule has 0 aliphatic rings. The first-order valence-electron chi connectivity index (χ1n) is 40.0. The molecular formula is C80H160N8O28. The monoisotopic (exact) mass is 1680 g/mol. The molecule has 12 atom stereocenters. The Labute approximate surface area is 692 Å². The zero-order valence-corrected chi connectivity index (χ0v) is 75.6. The summed E-state index contributed by atoms with van der Waals surface area (Å²) in [5, 5.41) is 92.4. The molecule has 0 bridgehead atoms. The fraction of sp³-hybridized carbons (Fsp3) is 0.850. The summed E-state index contributed by atoms with van der Waals surface area (Å²) in [6.45, 7) is 49.9. The van der Waals surface area contributed by atoms with Crippen LogP contribution < -0.4 is 42.5 Å². The largest absolute Gasteiger partial charge is 0.463 e. The minimum Gasteiger partial charge on any atom is -0.463 e. The number of carbonyl (C=O) groups excluding carboxylic acids is 12. The van der Waals surface area contributed by atoms with Gasteiger partial charge < -0.3 is 121 Å². The lowest BCUT2D eigenvalue weighted by molar-refractivity contribution is -0.158. The van der Waals surface area contributed by atoms with Gasteiger partial charge in [0, 0.05) is 68.5 Å². The van der Waals surface area contributed by atoms with Gasteiger partial charge in [-0.2, -0.15) is 0 Å². The lowest BCUT2D eigenvalue weighted by Gasteiger charge is -2.26. The Balaban J connectivity index is -0.000000192. The predicted octanol–water partition coefficient (Wildman–Crippen LogP) is 3.33. The summed E-state index contributed by atoms with van der Waals surface area (Å²) in [6.07, 6.45) is 5.42. The molecule has 0 aromatic rings. The van der Waals surface area contributed by atoms with Gasteiger partial charge >= 0.3 is 23.9 Å². The van der Waals surface area contributed by atoms with Crippen LogP contribution in [0.1, 0.15) is 258 Å². The van der Waals surface area contributed by atoms with E-state index < -0.39 is 59.3 Å². The van der Waals surface area contributed by atoms with Crippen LogP contribution in [-0.2, 0) is 95.4 Å². The number of carbonyl (C=O) groups is 12. The number of aliphatic hydroxyl groups is 8. The highest BCUT2D eigenvalue weighted by Gasteiger charge is 2.29. The van der Waals surface area contributed by atoms with Gasteiger partial charge in [-0.25, -0.2) is 0 Å². The van der Waals surface area contributed by atoms with Crippen molar-refractivity contribution in [3.63, 3.8) is 0 Å². The van der Waals surface area contributed by atoms with Gasteiger partial charge in [-0.3, -0.25) is 57.5 Å². The number of rotatable bonds is 48. The molecule has 0 aromatic carbocycles. The van der Waals surface area contributed by atoms with E-state index in [2.05, 4.69) is 42.5 Å². The third-order valence-electron chi connectivity index (χ3n) is 16.6. The molecule has 0 aromatic heterocycles. The highest BCUT2D eigenvalue weighted by atomic mass is 16.6. The second-order valence-electron chi connectivity index (χ2n) is 30.1. The predicted molar refractivity (Wildman–Crippen MR) is 441 cm³/mol.